The quantitative estimate of drug-likeness (QED) is 0.654. The number of nitrogens with one attached hydrogen (secondary N) is 1. The van der Waals surface area contributed by atoms with Gasteiger partial charge in [-0.3, -0.25) is 0 Å². The molecule has 32 heavy (non-hydrogen) atoms. The maximum Gasteiger partial charge on any atom is 0.248 e. The van der Waals surface area contributed by atoms with Gasteiger partial charge in [-0.25, -0.2) is 17.4 Å². The van der Waals surface area contributed by atoms with Crippen molar-refractivity contribution in [1.82, 2.24) is 19.3 Å². The third kappa shape index (κ3) is 3.17. The molecule has 3 aromatic rings. The van der Waals surface area contributed by atoms with Crippen molar-refractivity contribution in [1.29, 1.82) is 0 Å². The highest BCUT2D eigenvalue weighted by Gasteiger charge is 2.40. The van der Waals surface area contributed by atoms with E-state index in [0.717, 1.165) is 40.7 Å². The molecular formula is C24H26N4O3S. The van der Waals surface area contributed by atoms with Crippen LogP contribution >= 0.6 is 0 Å². The Morgan fingerprint density at radius 1 is 1.22 bits per heavy atom. The number of ether oxygens (including phenoxy) is 1. The molecule has 5 rings (SSSR count). The molecular weight excluding hydrogens is 424 g/mol. The molecule has 1 aromatic carbocycles. The Morgan fingerprint density at radius 3 is 2.84 bits per heavy atom. The van der Waals surface area contributed by atoms with Gasteiger partial charge in [-0.1, -0.05) is 35.9 Å². The highest BCUT2D eigenvalue weighted by Crippen LogP contribution is 2.36. The third-order valence-corrected chi connectivity index (χ3v) is 8.63. The van der Waals surface area contributed by atoms with Crippen LogP contribution in [0.3, 0.4) is 0 Å². The lowest BCUT2D eigenvalue weighted by Gasteiger charge is -2.29. The van der Waals surface area contributed by atoms with Gasteiger partial charge in [0.25, 0.3) is 0 Å². The lowest BCUT2D eigenvalue weighted by molar-refractivity contribution is 0.386. The summed E-state index contributed by atoms with van der Waals surface area (Å²) in [5.74, 6) is 1.11. The monoisotopic (exact) mass is 450 g/mol. The normalized spacial score (nSPS) is 20.8. The molecule has 0 fully saturated rings. The van der Waals surface area contributed by atoms with Crippen molar-refractivity contribution in [3.05, 3.63) is 65.5 Å². The van der Waals surface area contributed by atoms with Gasteiger partial charge in [0.1, 0.15) is 4.75 Å². The summed E-state index contributed by atoms with van der Waals surface area (Å²) >= 11 is 0. The first kappa shape index (κ1) is 20.9. The van der Waals surface area contributed by atoms with Gasteiger partial charge in [0, 0.05) is 42.2 Å². The second kappa shape index (κ2) is 7.56. The Labute approximate surface area is 187 Å². The maximum absolute atomic E-state index is 13.7. The van der Waals surface area contributed by atoms with Gasteiger partial charge in [-0.15, -0.1) is 0 Å². The van der Waals surface area contributed by atoms with E-state index < -0.39 is 14.8 Å². The van der Waals surface area contributed by atoms with E-state index in [1.807, 2.05) is 43.3 Å². The summed E-state index contributed by atoms with van der Waals surface area (Å²) in [4.78, 5) is 9.48. The van der Waals surface area contributed by atoms with Crippen LogP contribution in [0.1, 0.15) is 31.5 Å². The number of aromatic nitrogens is 3. The SMILES string of the molecule is COc1nc(-c2cccc3c2ccn3S(=O)(=O)C2(C)C=CC=C(C)C2)nc2c1CNCC2. The molecule has 3 heterocycles. The predicted octanol–water partition coefficient (Wildman–Crippen LogP) is 3.60. The van der Waals surface area contributed by atoms with Crippen molar-refractivity contribution in [2.75, 3.05) is 13.7 Å². The fraction of sp³-hybridized carbons (Fsp3) is 0.333. The third-order valence-electron chi connectivity index (χ3n) is 6.33. The molecule has 1 atom stereocenters. The summed E-state index contributed by atoms with van der Waals surface area (Å²) in [5, 5.41) is 4.12. The van der Waals surface area contributed by atoms with Gasteiger partial charge < -0.3 is 10.1 Å². The molecule has 1 aliphatic heterocycles. The highest BCUT2D eigenvalue weighted by atomic mass is 32.2. The zero-order valence-electron chi connectivity index (χ0n) is 18.4. The molecule has 0 amide bonds. The van der Waals surface area contributed by atoms with E-state index in [1.54, 1.807) is 26.3 Å². The van der Waals surface area contributed by atoms with Crippen molar-refractivity contribution in [2.24, 2.45) is 0 Å². The van der Waals surface area contributed by atoms with Gasteiger partial charge in [0.05, 0.1) is 18.3 Å². The van der Waals surface area contributed by atoms with Crippen molar-refractivity contribution in [3.8, 4) is 17.3 Å². The van der Waals surface area contributed by atoms with Crippen molar-refractivity contribution < 1.29 is 13.2 Å². The van der Waals surface area contributed by atoms with Crippen molar-refractivity contribution >= 4 is 20.9 Å². The van der Waals surface area contributed by atoms with Gasteiger partial charge >= 0.3 is 0 Å². The van der Waals surface area contributed by atoms with Crippen LogP contribution in [0.5, 0.6) is 5.88 Å². The average Bonchev–Trinajstić information content (AvgIpc) is 3.23. The van der Waals surface area contributed by atoms with E-state index in [2.05, 4.69) is 10.3 Å². The van der Waals surface area contributed by atoms with E-state index in [9.17, 15) is 8.42 Å². The molecule has 0 saturated heterocycles. The van der Waals surface area contributed by atoms with Crippen LogP contribution in [0.2, 0.25) is 0 Å². The standard InChI is InChI=1S/C24H26N4O3S/c1-16-6-5-11-24(2,14-16)32(29,30)28-13-10-17-18(7-4-8-21(17)28)22-26-20-9-12-25-15-19(20)23(27-22)31-3/h4-8,10-11,13,25H,9,12,14-15H2,1-3H3. The van der Waals surface area contributed by atoms with Crippen molar-refractivity contribution in [2.45, 2.75) is 38.0 Å². The largest absolute Gasteiger partial charge is 0.481 e. The predicted molar refractivity (Wildman–Crippen MR) is 125 cm³/mol. The molecule has 8 heteroatoms. The van der Waals surface area contributed by atoms with Gasteiger partial charge in [0.15, 0.2) is 5.82 Å². The molecule has 0 bridgehead atoms. The summed E-state index contributed by atoms with van der Waals surface area (Å²) in [6.07, 6.45) is 8.45. The molecule has 0 radical (unpaired) electrons. The summed E-state index contributed by atoms with van der Waals surface area (Å²) in [6, 6.07) is 7.44. The number of fused-ring (bicyclic) bond motifs is 2. The number of allylic oxidation sites excluding steroid dienone is 3. The van der Waals surface area contributed by atoms with Crippen LogP contribution in [-0.2, 0) is 23.0 Å². The first-order chi connectivity index (χ1) is 15.3. The smallest absolute Gasteiger partial charge is 0.248 e. The molecule has 1 N–H and O–H groups in total. The average molecular weight is 451 g/mol. The summed E-state index contributed by atoms with van der Waals surface area (Å²) in [5.41, 5.74) is 4.40. The summed E-state index contributed by atoms with van der Waals surface area (Å²) in [6.45, 7) is 5.26. The number of methoxy groups -OCH3 is 1. The van der Waals surface area contributed by atoms with Crippen LogP contribution in [0.25, 0.3) is 22.3 Å². The van der Waals surface area contributed by atoms with Crippen LogP contribution in [0, 0.1) is 0 Å². The molecule has 2 aromatic heterocycles. The first-order valence-corrected chi connectivity index (χ1v) is 12.1. The Bertz CT molecular complexity index is 1370. The molecule has 2 aliphatic rings. The van der Waals surface area contributed by atoms with Gasteiger partial charge in [-0.05, 0) is 32.4 Å². The topological polar surface area (TPSA) is 86.1 Å². The fourth-order valence-corrected chi connectivity index (χ4v) is 6.39. The molecule has 0 spiro atoms. The highest BCUT2D eigenvalue weighted by molar-refractivity contribution is 7.91. The van der Waals surface area contributed by atoms with Crippen LogP contribution in [0.15, 0.2) is 54.3 Å². The first-order valence-electron chi connectivity index (χ1n) is 10.7. The second-order valence-corrected chi connectivity index (χ2v) is 10.9. The van der Waals surface area contributed by atoms with Gasteiger partial charge in [-0.2, -0.15) is 4.98 Å². The van der Waals surface area contributed by atoms with Crippen LogP contribution in [-0.4, -0.2) is 40.8 Å². The number of rotatable bonds is 4. The molecule has 7 nitrogen and oxygen atoms in total. The lowest BCUT2D eigenvalue weighted by Crippen LogP contribution is -2.38. The minimum atomic E-state index is -3.69. The zero-order chi connectivity index (χ0) is 22.5. The Balaban J connectivity index is 1.65. The molecule has 1 aliphatic carbocycles. The maximum atomic E-state index is 13.7. The van der Waals surface area contributed by atoms with E-state index in [-0.39, 0.29) is 0 Å². The second-order valence-electron chi connectivity index (χ2n) is 8.63. The minimum Gasteiger partial charge on any atom is -0.481 e. The summed E-state index contributed by atoms with van der Waals surface area (Å²) < 4.78 is 33.3. The fourth-order valence-electron chi connectivity index (χ4n) is 4.64. The molecule has 166 valence electrons. The Hall–Kier alpha value is -2.97. The van der Waals surface area contributed by atoms with E-state index in [1.165, 1.54) is 3.97 Å². The number of hydrogen-bond donors (Lipinski definition) is 1. The van der Waals surface area contributed by atoms with E-state index >= 15 is 0 Å². The van der Waals surface area contributed by atoms with Crippen molar-refractivity contribution in [3.63, 3.8) is 0 Å². The van der Waals surface area contributed by atoms with Crippen LogP contribution in [0.4, 0.5) is 0 Å². The summed E-state index contributed by atoms with van der Waals surface area (Å²) in [7, 11) is -2.08. The van der Waals surface area contributed by atoms with Gasteiger partial charge in [0.2, 0.25) is 15.9 Å². The lowest BCUT2D eigenvalue weighted by atomic mass is 9.96. The number of hydrogen-bond acceptors (Lipinski definition) is 6. The molecule has 1 unspecified atom stereocenters. The van der Waals surface area contributed by atoms with E-state index in [4.69, 9.17) is 9.72 Å². The Kier molecular flexibility index (Phi) is 4.94. The number of benzene rings is 1. The van der Waals surface area contributed by atoms with Crippen LogP contribution < -0.4 is 10.1 Å². The Morgan fingerprint density at radius 2 is 2.06 bits per heavy atom. The number of nitrogens with zero attached hydrogens (tertiary/aromatic N) is 3. The molecule has 0 saturated carbocycles. The minimum absolute atomic E-state index is 0.463. The van der Waals surface area contributed by atoms with E-state index in [0.29, 0.717) is 30.2 Å². The zero-order valence-corrected chi connectivity index (χ0v) is 19.2.